The molecule has 2 aromatic rings. The van der Waals surface area contributed by atoms with Crippen LogP contribution in [0.2, 0.25) is 0 Å². The number of carbonyl (C=O) groups is 1. The van der Waals surface area contributed by atoms with Crippen LogP contribution in [-0.2, 0) is 22.5 Å². The van der Waals surface area contributed by atoms with Crippen LogP contribution in [0.25, 0.3) is 0 Å². The quantitative estimate of drug-likeness (QED) is 0.749. The Labute approximate surface area is 157 Å². The zero-order valence-corrected chi connectivity index (χ0v) is 15.7. The van der Waals surface area contributed by atoms with Gasteiger partial charge in [0.1, 0.15) is 0 Å². The van der Waals surface area contributed by atoms with Gasteiger partial charge in [-0.15, -0.1) is 5.10 Å². The molecule has 7 nitrogen and oxygen atoms in total. The summed E-state index contributed by atoms with van der Waals surface area (Å²) in [5.74, 6) is 0.422. The number of aryl methyl sites for hydroxylation is 1. The molecule has 1 fully saturated rings. The maximum Gasteiger partial charge on any atom is 0.237 e. The fraction of sp³-hybridized carbons (Fsp3) is 0.556. The van der Waals surface area contributed by atoms with E-state index < -0.39 is 0 Å². The minimum absolute atomic E-state index is 0.0984. The van der Waals surface area contributed by atoms with Gasteiger partial charge in [0.2, 0.25) is 11.1 Å². The van der Waals surface area contributed by atoms with E-state index in [0.29, 0.717) is 17.5 Å². The molecule has 1 amide bonds. The lowest BCUT2D eigenvalue weighted by atomic mass is 9.97. The molecule has 2 aliphatic heterocycles. The standard InChI is InChI=1S/C18H23N5O2S/c1-13-8-9-14-5-2-3-7-16(14)23(13)17(24)12-26-18-19-20-21-22(18)11-15-6-4-10-25-15/h2-3,5,7,13,15H,4,6,8-12H2,1H3. The molecule has 0 bridgehead atoms. The molecule has 26 heavy (non-hydrogen) atoms. The van der Waals surface area contributed by atoms with E-state index >= 15 is 0 Å². The number of aromatic nitrogens is 4. The first-order valence-corrected chi connectivity index (χ1v) is 10.1. The van der Waals surface area contributed by atoms with Crippen LogP contribution in [-0.4, -0.2) is 50.6 Å². The molecule has 1 aromatic carbocycles. The first kappa shape index (κ1) is 17.5. The first-order chi connectivity index (χ1) is 12.7. The summed E-state index contributed by atoms with van der Waals surface area (Å²) in [6.45, 7) is 3.56. The second-order valence-corrected chi connectivity index (χ2v) is 7.79. The smallest absolute Gasteiger partial charge is 0.237 e. The first-order valence-electron chi connectivity index (χ1n) is 9.13. The van der Waals surface area contributed by atoms with Crippen LogP contribution in [0, 0.1) is 0 Å². The Kier molecular flexibility index (Phi) is 5.21. The Morgan fingerprint density at radius 3 is 3.08 bits per heavy atom. The summed E-state index contributed by atoms with van der Waals surface area (Å²) in [6.07, 6.45) is 4.30. The molecule has 1 aromatic heterocycles. The largest absolute Gasteiger partial charge is 0.376 e. The molecule has 8 heteroatoms. The van der Waals surface area contributed by atoms with Gasteiger partial charge in [-0.25, -0.2) is 4.68 Å². The van der Waals surface area contributed by atoms with E-state index in [1.807, 2.05) is 23.1 Å². The number of para-hydroxylation sites is 1. The van der Waals surface area contributed by atoms with Crippen LogP contribution < -0.4 is 4.90 Å². The molecule has 0 N–H and O–H groups in total. The Balaban J connectivity index is 1.42. The molecular formula is C18H23N5O2S. The molecule has 1 saturated heterocycles. The minimum atomic E-state index is 0.0984. The Hall–Kier alpha value is -1.93. The topological polar surface area (TPSA) is 73.1 Å². The molecular weight excluding hydrogens is 350 g/mol. The highest BCUT2D eigenvalue weighted by Gasteiger charge is 2.28. The van der Waals surface area contributed by atoms with Crippen molar-refractivity contribution in [3.05, 3.63) is 29.8 Å². The monoisotopic (exact) mass is 373 g/mol. The normalized spacial score (nSPS) is 22.4. The molecule has 0 spiro atoms. The predicted octanol–water partition coefficient (Wildman–Crippen LogP) is 2.31. The van der Waals surface area contributed by atoms with Crippen LogP contribution in [0.5, 0.6) is 0 Å². The van der Waals surface area contributed by atoms with Crippen LogP contribution in [0.3, 0.4) is 0 Å². The highest BCUT2D eigenvalue weighted by atomic mass is 32.2. The van der Waals surface area contributed by atoms with E-state index in [1.165, 1.54) is 17.3 Å². The van der Waals surface area contributed by atoms with Crippen LogP contribution >= 0.6 is 11.8 Å². The number of hydrogen-bond acceptors (Lipinski definition) is 6. The molecule has 0 saturated carbocycles. The van der Waals surface area contributed by atoms with Gasteiger partial charge in [-0.2, -0.15) is 0 Å². The average Bonchev–Trinajstić information content (AvgIpc) is 3.32. The van der Waals surface area contributed by atoms with E-state index in [9.17, 15) is 4.79 Å². The number of nitrogens with zero attached hydrogens (tertiary/aromatic N) is 5. The fourth-order valence-corrected chi connectivity index (χ4v) is 4.41. The van der Waals surface area contributed by atoms with Crippen molar-refractivity contribution in [3.8, 4) is 0 Å². The van der Waals surface area contributed by atoms with E-state index in [1.54, 1.807) is 4.68 Å². The molecule has 3 heterocycles. The zero-order valence-electron chi connectivity index (χ0n) is 14.9. The summed E-state index contributed by atoms with van der Waals surface area (Å²) >= 11 is 1.40. The van der Waals surface area contributed by atoms with E-state index in [2.05, 4.69) is 28.5 Å². The lowest BCUT2D eigenvalue weighted by molar-refractivity contribution is -0.116. The summed E-state index contributed by atoms with van der Waals surface area (Å²) in [5.41, 5.74) is 2.28. The Morgan fingerprint density at radius 2 is 2.23 bits per heavy atom. The van der Waals surface area contributed by atoms with Crippen LogP contribution in [0.15, 0.2) is 29.4 Å². The van der Waals surface area contributed by atoms with Crippen LogP contribution in [0.1, 0.15) is 31.7 Å². The van der Waals surface area contributed by atoms with E-state index in [-0.39, 0.29) is 18.1 Å². The Morgan fingerprint density at radius 1 is 1.35 bits per heavy atom. The van der Waals surface area contributed by atoms with Gasteiger partial charge in [0.15, 0.2) is 0 Å². The van der Waals surface area contributed by atoms with Crippen molar-refractivity contribution >= 4 is 23.4 Å². The van der Waals surface area contributed by atoms with Gasteiger partial charge in [-0.05, 0) is 54.7 Å². The minimum Gasteiger partial charge on any atom is -0.376 e. The SMILES string of the molecule is CC1CCc2ccccc2N1C(=O)CSc1nnnn1CC1CCCO1. The van der Waals surface area contributed by atoms with Gasteiger partial charge >= 0.3 is 0 Å². The second kappa shape index (κ2) is 7.75. The highest BCUT2D eigenvalue weighted by Crippen LogP contribution is 2.31. The third kappa shape index (κ3) is 3.61. The van der Waals surface area contributed by atoms with Gasteiger partial charge in [-0.1, -0.05) is 30.0 Å². The van der Waals surface area contributed by atoms with Crippen molar-refractivity contribution in [2.45, 2.75) is 56.5 Å². The summed E-state index contributed by atoms with van der Waals surface area (Å²) < 4.78 is 7.41. The lowest BCUT2D eigenvalue weighted by Crippen LogP contribution is -2.43. The van der Waals surface area contributed by atoms with Gasteiger partial charge in [0.25, 0.3) is 0 Å². The maximum atomic E-state index is 12.9. The fourth-order valence-electron chi connectivity index (χ4n) is 3.66. The van der Waals surface area contributed by atoms with E-state index in [4.69, 9.17) is 4.74 Å². The number of anilines is 1. The van der Waals surface area contributed by atoms with Crippen molar-refractivity contribution in [3.63, 3.8) is 0 Å². The van der Waals surface area contributed by atoms with Crippen molar-refractivity contribution in [2.24, 2.45) is 0 Å². The van der Waals surface area contributed by atoms with Crippen molar-refractivity contribution < 1.29 is 9.53 Å². The second-order valence-electron chi connectivity index (χ2n) is 6.85. The van der Waals surface area contributed by atoms with Crippen molar-refractivity contribution in [1.29, 1.82) is 0 Å². The predicted molar refractivity (Wildman–Crippen MR) is 99.2 cm³/mol. The molecule has 2 atom stereocenters. The van der Waals surface area contributed by atoms with Gasteiger partial charge < -0.3 is 9.64 Å². The zero-order chi connectivity index (χ0) is 17.9. The molecule has 0 aliphatic carbocycles. The van der Waals surface area contributed by atoms with Crippen molar-refractivity contribution in [1.82, 2.24) is 20.2 Å². The summed E-state index contributed by atoms with van der Waals surface area (Å²) in [4.78, 5) is 14.9. The number of thioether (sulfide) groups is 1. The molecule has 0 radical (unpaired) electrons. The number of ether oxygens (including phenoxy) is 1. The summed E-state index contributed by atoms with van der Waals surface area (Å²) in [6, 6.07) is 8.38. The third-order valence-corrected chi connectivity index (χ3v) is 5.96. The number of benzene rings is 1. The third-order valence-electron chi connectivity index (χ3n) is 5.02. The molecule has 2 aliphatic rings. The summed E-state index contributed by atoms with van der Waals surface area (Å²) in [7, 11) is 0. The maximum absolute atomic E-state index is 12.9. The van der Waals surface area contributed by atoms with Gasteiger partial charge in [-0.3, -0.25) is 4.79 Å². The summed E-state index contributed by atoms with van der Waals surface area (Å²) in [5, 5.41) is 12.6. The van der Waals surface area contributed by atoms with Gasteiger partial charge in [0, 0.05) is 18.3 Å². The van der Waals surface area contributed by atoms with Crippen LogP contribution in [0.4, 0.5) is 5.69 Å². The number of carbonyl (C=O) groups excluding carboxylic acids is 1. The molecule has 138 valence electrons. The number of fused-ring (bicyclic) bond motifs is 1. The number of hydrogen-bond donors (Lipinski definition) is 0. The number of amides is 1. The van der Waals surface area contributed by atoms with Crippen molar-refractivity contribution in [2.75, 3.05) is 17.3 Å². The average molecular weight is 373 g/mol. The van der Waals surface area contributed by atoms with Gasteiger partial charge in [0.05, 0.1) is 18.4 Å². The molecule has 2 unspecified atom stereocenters. The number of rotatable bonds is 5. The Bertz CT molecular complexity index is 774. The highest BCUT2D eigenvalue weighted by molar-refractivity contribution is 7.99. The number of tetrazole rings is 1. The lowest BCUT2D eigenvalue weighted by Gasteiger charge is -2.35. The van der Waals surface area contributed by atoms with E-state index in [0.717, 1.165) is 38.0 Å². The molecule has 4 rings (SSSR count).